The topological polar surface area (TPSA) is 30.5 Å². The second-order valence-corrected chi connectivity index (χ2v) is 5.36. The van der Waals surface area contributed by atoms with Gasteiger partial charge in [-0.2, -0.15) is 0 Å². The zero-order valence-corrected chi connectivity index (χ0v) is 10.5. The lowest BCUT2D eigenvalue weighted by atomic mass is 10.0. The summed E-state index contributed by atoms with van der Waals surface area (Å²) in [6, 6.07) is 0.847. The van der Waals surface area contributed by atoms with Gasteiger partial charge in [-0.05, 0) is 43.9 Å². The van der Waals surface area contributed by atoms with Crippen LogP contribution >= 0.6 is 0 Å². The second kappa shape index (κ2) is 5.99. The van der Waals surface area contributed by atoms with E-state index in [0.29, 0.717) is 5.41 Å². The van der Waals surface area contributed by atoms with Crippen LogP contribution in [0.2, 0.25) is 0 Å². The molecule has 0 heterocycles. The Bertz CT molecular complexity index is 200. The summed E-state index contributed by atoms with van der Waals surface area (Å²) in [5.41, 5.74) is 0.601. The molecule has 94 valence electrons. The minimum atomic E-state index is 0.601. The molecule has 0 radical (unpaired) electrons. The van der Waals surface area contributed by atoms with E-state index in [1.807, 2.05) is 0 Å². The van der Waals surface area contributed by atoms with Gasteiger partial charge in [-0.3, -0.25) is 0 Å². The summed E-state index contributed by atoms with van der Waals surface area (Å²) < 4.78 is 10.6. The van der Waals surface area contributed by atoms with Crippen LogP contribution in [0.25, 0.3) is 0 Å². The summed E-state index contributed by atoms with van der Waals surface area (Å²) in [6.45, 7) is 3.81. The highest BCUT2D eigenvalue weighted by Gasteiger charge is 2.42. The molecule has 3 nitrogen and oxygen atoms in total. The van der Waals surface area contributed by atoms with E-state index >= 15 is 0 Å². The van der Waals surface area contributed by atoms with Gasteiger partial charge in [0.25, 0.3) is 0 Å². The Morgan fingerprint density at radius 2 is 2.00 bits per heavy atom. The van der Waals surface area contributed by atoms with Gasteiger partial charge >= 0.3 is 0 Å². The highest BCUT2D eigenvalue weighted by molar-refractivity contribution is 4.96. The summed E-state index contributed by atoms with van der Waals surface area (Å²) in [5, 5.41) is 3.65. The molecule has 3 heteroatoms. The molecular formula is C13H25NO2. The first-order valence-electron chi connectivity index (χ1n) is 6.65. The minimum absolute atomic E-state index is 0.601. The maximum Gasteiger partial charge on any atom is 0.0487 e. The Morgan fingerprint density at radius 1 is 1.19 bits per heavy atom. The molecule has 2 fully saturated rings. The van der Waals surface area contributed by atoms with Crippen molar-refractivity contribution in [3.8, 4) is 0 Å². The number of rotatable bonds is 10. The fourth-order valence-corrected chi connectivity index (χ4v) is 2.04. The SMILES string of the molecule is COCCCOCCC1(CNC2CC2)CC1. The molecule has 0 aromatic heterocycles. The van der Waals surface area contributed by atoms with Crippen LogP contribution in [0, 0.1) is 5.41 Å². The van der Waals surface area contributed by atoms with Crippen LogP contribution in [-0.2, 0) is 9.47 Å². The lowest BCUT2D eigenvalue weighted by Gasteiger charge is -2.15. The van der Waals surface area contributed by atoms with Crippen LogP contribution in [0.3, 0.4) is 0 Å². The van der Waals surface area contributed by atoms with E-state index in [4.69, 9.17) is 9.47 Å². The summed E-state index contributed by atoms with van der Waals surface area (Å²) in [6.07, 6.45) is 7.83. The van der Waals surface area contributed by atoms with E-state index in [1.165, 1.54) is 38.6 Å². The highest BCUT2D eigenvalue weighted by Crippen LogP contribution is 2.48. The molecule has 0 amide bonds. The van der Waals surface area contributed by atoms with Crippen molar-refractivity contribution in [3.63, 3.8) is 0 Å². The summed E-state index contributed by atoms with van der Waals surface area (Å²) in [4.78, 5) is 0. The summed E-state index contributed by atoms with van der Waals surface area (Å²) >= 11 is 0. The third-order valence-corrected chi connectivity index (χ3v) is 3.71. The van der Waals surface area contributed by atoms with Crippen molar-refractivity contribution in [1.29, 1.82) is 0 Å². The molecule has 0 bridgehead atoms. The van der Waals surface area contributed by atoms with Crippen molar-refractivity contribution in [2.45, 2.75) is 44.6 Å². The highest BCUT2D eigenvalue weighted by atomic mass is 16.5. The molecule has 0 unspecified atom stereocenters. The number of hydrogen-bond donors (Lipinski definition) is 1. The normalized spacial score (nSPS) is 22.3. The second-order valence-electron chi connectivity index (χ2n) is 5.36. The molecule has 0 aromatic carbocycles. The van der Waals surface area contributed by atoms with Gasteiger partial charge < -0.3 is 14.8 Å². The van der Waals surface area contributed by atoms with Crippen molar-refractivity contribution in [1.82, 2.24) is 5.32 Å². The largest absolute Gasteiger partial charge is 0.385 e. The van der Waals surface area contributed by atoms with E-state index < -0.39 is 0 Å². The molecule has 0 saturated heterocycles. The Hall–Kier alpha value is -0.120. The maximum atomic E-state index is 5.63. The van der Waals surface area contributed by atoms with Gasteiger partial charge in [-0.25, -0.2) is 0 Å². The first-order chi connectivity index (χ1) is 7.85. The lowest BCUT2D eigenvalue weighted by molar-refractivity contribution is 0.0912. The van der Waals surface area contributed by atoms with Crippen molar-refractivity contribution in [3.05, 3.63) is 0 Å². The van der Waals surface area contributed by atoms with Gasteiger partial charge in [0.1, 0.15) is 0 Å². The molecule has 2 aliphatic carbocycles. The fraction of sp³-hybridized carbons (Fsp3) is 1.00. The first kappa shape index (κ1) is 12.3. The number of ether oxygens (including phenoxy) is 2. The van der Waals surface area contributed by atoms with E-state index in [1.54, 1.807) is 7.11 Å². The van der Waals surface area contributed by atoms with Crippen molar-refractivity contribution < 1.29 is 9.47 Å². The molecule has 2 aliphatic rings. The average Bonchev–Trinajstić information content (AvgIpc) is 3.15. The molecule has 16 heavy (non-hydrogen) atoms. The Labute approximate surface area is 98.9 Å². The van der Waals surface area contributed by atoms with E-state index in [0.717, 1.165) is 32.3 Å². The van der Waals surface area contributed by atoms with Gasteiger partial charge in [-0.15, -0.1) is 0 Å². The van der Waals surface area contributed by atoms with Gasteiger partial charge in [0.2, 0.25) is 0 Å². The molecule has 0 aliphatic heterocycles. The smallest absolute Gasteiger partial charge is 0.0487 e. The lowest BCUT2D eigenvalue weighted by Crippen LogP contribution is -2.26. The fourth-order valence-electron chi connectivity index (χ4n) is 2.04. The van der Waals surface area contributed by atoms with Gasteiger partial charge in [0.05, 0.1) is 0 Å². The molecule has 2 rings (SSSR count). The Kier molecular flexibility index (Phi) is 4.62. The molecular weight excluding hydrogens is 202 g/mol. The predicted molar refractivity (Wildman–Crippen MR) is 64.6 cm³/mol. The molecule has 0 atom stereocenters. The van der Waals surface area contributed by atoms with Crippen molar-refractivity contribution in [2.24, 2.45) is 5.41 Å². The van der Waals surface area contributed by atoms with Crippen LogP contribution < -0.4 is 5.32 Å². The third-order valence-electron chi connectivity index (χ3n) is 3.71. The molecule has 0 aromatic rings. The monoisotopic (exact) mass is 227 g/mol. The zero-order chi connectivity index (χ0) is 11.3. The van der Waals surface area contributed by atoms with E-state index in [-0.39, 0.29) is 0 Å². The standard InChI is InChI=1S/C13H25NO2/c1-15-8-2-9-16-10-7-13(5-6-13)11-14-12-3-4-12/h12,14H,2-11H2,1H3. The number of hydrogen-bond acceptors (Lipinski definition) is 3. The third kappa shape index (κ3) is 4.40. The molecule has 1 N–H and O–H groups in total. The van der Waals surface area contributed by atoms with Crippen molar-refractivity contribution >= 4 is 0 Å². The molecule has 0 spiro atoms. The van der Waals surface area contributed by atoms with Crippen LogP contribution in [0.4, 0.5) is 0 Å². The van der Waals surface area contributed by atoms with Gasteiger partial charge in [0.15, 0.2) is 0 Å². The quantitative estimate of drug-likeness (QED) is 0.579. The van der Waals surface area contributed by atoms with Crippen molar-refractivity contribution in [2.75, 3.05) is 33.5 Å². The van der Waals surface area contributed by atoms with Gasteiger partial charge in [-0.1, -0.05) is 0 Å². The average molecular weight is 227 g/mol. The van der Waals surface area contributed by atoms with Gasteiger partial charge in [0, 0.05) is 39.5 Å². The predicted octanol–water partition coefficient (Wildman–Crippen LogP) is 1.96. The van der Waals surface area contributed by atoms with Crippen LogP contribution in [0.5, 0.6) is 0 Å². The maximum absolute atomic E-state index is 5.63. The van der Waals surface area contributed by atoms with E-state index in [9.17, 15) is 0 Å². The minimum Gasteiger partial charge on any atom is -0.385 e. The first-order valence-corrected chi connectivity index (χ1v) is 6.65. The summed E-state index contributed by atoms with van der Waals surface area (Å²) in [7, 11) is 1.74. The molecule has 2 saturated carbocycles. The van der Waals surface area contributed by atoms with Crippen LogP contribution in [0.15, 0.2) is 0 Å². The Balaban J connectivity index is 1.45. The summed E-state index contributed by atoms with van der Waals surface area (Å²) in [5.74, 6) is 0. The number of nitrogens with one attached hydrogen (secondary N) is 1. The number of methoxy groups -OCH3 is 1. The van der Waals surface area contributed by atoms with Crippen LogP contribution in [-0.4, -0.2) is 39.5 Å². The zero-order valence-electron chi connectivity index (χ0n) is 10.5. The van der Waals surface area contributed by atoms with E-state index in [2.05, 4.69) is 5.32 Å². The van der Waals surface area contributed by atoms with Crippen LogP contribution in [0.1, 0.15) is 38.5 Å². The Morgan fingerprint density at radius 3 is 2.62 bits per heavy atom.